The molecule has 0 saturated heterocycles. The molecule has 5 nitrogen and oxygen atoms in total. The van der Waals surface area contributed by atoms with Gasteiger partial charge in [0.15, 0.2) is 0 Å². The SMILES string of the molecule is COCC(NC(=O)c1ccc(C=CC(c2cc(Cl)c(Cl)c(Cl)c2)C(F)(F)F)cc1Br)C(=O)NCC(F)(F)F. The number of benzene rings is 2. The highest BCUT2D eigenvalue weighted by molar-refractivity contribution is 9.10. The van der Waals surface area contributed by atoms with E-state index in [1.165, 1.54) is 31.4 Å². The number of methoxy groups -OCH3 is 1. The van der Waals surface area contributed by atoms with Crippen LogP contribution in [0.1, 0.15) is 27.4 Å². The van der Waals surface area contributed by atoms with E-state index in [1.807, 2.05) is 0 Å². The number of carbonyl (C=O) groups excluding carboxylic acids is 2. The maximum atomic E-state index is 13.8. The third-order valence-corrected chi connectivity index (χ3v) is 6.71. The molecule has 0 fully saturated rings. The van der Waals surface area contributed by atoms with Gasteiger partial charge in [0.05, 0.1) is 33.2 Å². The van der Waals surface area contributed by atoms with E-state index in [0.29, 0.717) is 0 Å². The molecule has 15 heteroatoms. The number of amides is 2. The van der Waals surface area contributed by atoms with Gasteiger partial charge in [0.25, 0.3) is 5.91 Å². The van der Waals surface area contributed by atoms with Crippen LogP contribution in [0.3, 0.4) is 0 Å². The average molecular weight is 671 g/mol. The van der Waals surface area contributed by atoms with Crippen molar-refractivity contribution >= 4 is 68.6 Å². The van der Waals surface area contributed by atoms with E-state index in [-0.39, 0.29) is 36.2 Å². The van der Waals surface area contributed by atoms with Crippen LogP contribution in [0.2, 0.25) is 15.1 Å². The van der Waals surface area contributed by atoms with Gasteiger partial charge in [0.1, 0.15) is 12.6 Å². The first-order valence-corrected chi connectivity index (χ1v) is 12.3. The molecule has 0 aliphatic rings. The lowest BCUT2D eigenvalue weighted by Crippen LogP contribution is -2.51. The molecule has 2 aromatic carbocycles. The lowest BCUT2D eigenvalue weighted by molar-refractivity contribution is -0.140. The zero-order valence-electron chi connectivity index (χ0n) is 19.1. The van der Waals surface area contributed by atoms with Gasteiger partial charge in [-0.05, 0) is 51.3 Å². The van der Waals surface area contributed by atoms with E-state index in [2.05, 4.69) is 21.2 Å². The molecule has 2 atom stereocenters. The third-order valence-electron chi connectivity index (χ3n) is 4.86. The van der Waals surface area contributed by atoms with Crippen molar-refractivity contribution in [2.75, 3.05) is 20.3 Å². The summed E-state index contributed by atoms with van der Waals surface area (Å²) in [6.45, 7) is -2.01. The van der Waals surface area contributed by atoms with Crippen LogP contribution >= 0.6 is 50.7 Å². The highest BCUT2D eigenvalue weighted by Gasteiger charge is 2.39. The molecule has 2 rings (SSSR count). The van der Waals surface area contributed by atoms with Crippen LogP contribution in [0.15, 0.2) is 40.9 Å². The Morgan fingerprint density at radius 2 is 1.66 bits per heavy atom. The summed E-state index contributed by atoms with van der Waals surface area (Å²) in [6.07, 6.45) is -7.31. The number of carbonyl (C=O) groups is 2. The van der Waals surface area contributed by atoms with E-state index in [9.17, 15) is 35.9 Å². The highest BCUT2D eigenvalue weighted by atomic mass is 79.9. The second-order valence-electron chi connectivity index (χ2n) is 7.73. The smallest absolute Gasteiger partial charge is 0.382 e. The van der Waals surface area contributed by atoms with Gasteiger partial charge < -0.3 is 15.4 Å². The van der Waals surface area contributed by atoms with Gasteiger partial charge in [-0.25, -0.2) is 0 Å². The van der Waals surface area contributed by atoms with Gasteiger partial charge in [-0.15, -0.1) is 0 Å². The van der Waals surface area contributed by atoms with E-state index in [0.717, 1.165) is 18.2 Å². The first-order valence-electron chi connectivity index (χ1n) is 10.4. The van der Waals surface area contributed by atoms with E-state index in [1.54, 1.807) is 5.32 Å². The first kappa shape index (κ1) is 32.2. The standard InChI is InChI=1S/C23H18BrCl3F6N2O3/c1-38-9-18(21(37)34-10-22(28,29)30)35-20(36)13-4-2-11(6-15(13)24)3-5-14(23(31,32)33)12-7-16(25)19(27)17(26)8-12/h2-8,14,18H,9-10H2,1H3,(H,34,37)(H,35,36). The molecule has 2 aromatic rings. The van der Waals surface area contributed by atoms with Gasteiger partial charge in [-0.1, -0.05) is 53.0 Å². The highest BCUT2D eigenvalue weighted by Crippen LogP contribution is 2.41. The zero-order chi connectivity index (χ0) is 28.8. The monoisotopic (exact) mass is 668 g/mol. The molecule has 38 heavy (non-hydrogen) atoms. The van der Waals surface area contributed by atoms with Gasteiger partial charge in [0.2, 0.25) is 5.91 Å². The Morgan fingerprint density at radius 3 is 2.16 bits per heavy atom. The topological polar surface area (TPSA) is 67.4 Å². The van der Waals surface area contributed by atoms with Crippen LogP contribution in [0.4, 0.5) is 26.3 Å². The van der Waals surface area contributed by atoms with Gasteiger partial charge >= 0.3 is 12.4 Å². The Morgan fingerprint density at radius 1 is 1.05 bits per heavy atom. The number of hydrogen-bond acceptors (Lipinski definition) is 3. The van der Waals surface area contributed by atoms with Crippen molar-refractivity contribution in [3.05, 3.63) is 72.6 Å². The molecule has 0 aromatic heterocycles. The van der Waals surface area contributed by atoms with Crippen LogP contribution in [0.25, 0.3) is 6.08 Å². The quantitative estimate of drug-likeness (QED) is 0.219. The van der Waals surface area contributed by atoms with Crippen molar-refractivity contribution in [2.45, 2.75) is 24.3 Å². The molecule has 2 unspecified atom stereocenters. The summed E-state index contributed by atoms with van der Waals surface area (Å²) in [6, 6.07) is 4.61. The molecular formula is C23H18BrCl3F6N2O3. The van der Waals surface area contributed by atoms with Crippen LogP contribution in [-0.2, 0) is 9.53 Å². The molecule has 208 valence electrons. The summed E-state index contributed by atoms with van der Waals surface area (Å²) >= 11 is 20.7. The number of ether oxygens (including phenoxy) is 1. The Labute approximate surface area is 236 Å². The number of allylic oxidation sites excluding steroid dienone is 1. The summed E-state index contributed by atoms with van der Waals surface area (Å²) in [4.78, 5) is 24.7. The molecule has 0 spiro atoms. The second kappa shape index (κ2) is 13.4. The molecule has 2 N–H and O–H groups in total. The maximum Gasteiger partial charge on any atom is 0.405 e. The minimum atomic E-state index is -4.70. The fraction of sp³-hybridized carbons (Fsp3) is 0.304. The Kier molecular flexibility index (Phi) is 11.3. The summed E-state index contributed by atoms with van der Waals surface area (Å²) in [5.41, 5.74) is -0.00287. The molecule has 0 bridgehead atoms. The van der Waals surface area contributed by atoms with E-state index in [4.69, 9.17) is 39.5 Å². The van der Waals surface area contributed by atoms with E-state index < -0.39 is 49.3 Å². The number of rotatable bonds is 9. The van der Waals surface area contributed by atoms with Crippen molar-refractivity contribution in [1.82, 2.24) is 10.6 Å². The first-order chi connectivity index (χ1) is 17.5. The lowest BCUT2D eigenvalue weighted by atomic mass is 9.97. The van der Waals surface area contributed by atoms with Gasteiger partial charge in [-0.3, -0.25) is 9.59 Å². The molecule has 0 aliphatic carbocycles. The summed E-state index contributed by atoms with van der Waals surface area (Å²) in [5, 5.41) is 3.55. The largest absolute Gasteiger partial charge is 0.405 e. The molecular weight excluding hydrogens is 653 g/mol. The number of nitrogens with one attached hydrogen (secondary N) is 2. The predicted molar refractivity (Wildman–Crippen MR) is 136 cm³/mol. The van der Waals surface area contributed by atoms with Crippen LogP contribution in [0.5, 0.6) is 0 Å². The Hall–Kier alpha value is -1.99. The van der Waals surface area contributed by atoms with Crippen molar-refractivity contribution in [2.24, 2.45) is 0 Å². The van der Waals surface area contributed by atoms with Crippen molar-refractivity contribution < 1.29 is 40.7 Å². The zero-order valence-corrected chi connectivity index (χ0v) is 23.0. The normalized spacial score (nSPS) is 13.9. The van der Waals surface area contributed by atoms with Crippen LogP contribution in [-0.4, -0.2) is 50.5 Å². The molecule has 0 aliphatic heterocycles. The van der Waals surface area contributed by atoms with Gasteiger partial charge in [-0.2, -0.15) is 26.3 Å². The molecule has 2 amide bonds. The van der Waals surface area contributed by atoms with Crippen LogP contribution < -0.4 is 10.6 Å². The van der Waals surface area contributed by atoms with Crippen molar-refractivity contribution in [3.8, 4) is 0 Å². The predicted octanol–water partition coefficient (Wildman–Crippen LogP) is 7.19. The van der Waals surface area contributed by atoms with Crippen LogP contribution in [0, 0.1) is 0 Å². The maximum absolute atomic E-state index is 13.8. The van der Waals surface area contributed by atoms with E-state index >= 15 is 0 Å². The minimum Gasteiger partial charge on any atom is -0.382 e. The molecule has 0 heterocycles. The molecule has 0 saturated carbocycles. The van der Waals surface area contributed by atoms with Crippen molar-refractivity contribution in [1.29, 1.82) is 0 Å². The average Bonchev–Trinajstić information content (AvgIpc) is 2.79. The number of halogens is 10. The summed E-state index contributed by atoms with van der Waals surface area (Å²) in [5.74, 6) is -4.04. The number of alkyl halides is 6. The lowest BCUT2D eigenvalue weighted by Gasteiger charge is -2.19. The minimum absolute atomic E-state index is 0.0319. The Balaban J connectivity index is 2.24. The third kappa shape index (κ3) is 9.33. The Bertz CT molecular complexity index is 1180. The fourth-order valence-electron chi connectivity index (χ4n) is 3.09. The summed E-state index contributed by atoms with van der Waals surface area (Å²) in [7, 11) is 1.19. The summed E-state index contributed by atoms with van der Waals surface area (Å²) < 4.78 is 83.3. The number of hydrogen-bond donors (Lipinski definition) is 2. The second-order valence-corrected chi connectivity index (χ2v) is 9.78. The van der Waals surface area contributed by atoms with Gasteiger partial charge in [0, 0.05) is 11.6 Å². The fourth-order valence-corrected chi connectivity index (χ4v) is 4.28. The molecule has 0 radical (unpaired) electrons. The van der Waals surface area contributed by atoms with Crippen molar-refractivity contribution in [3.63, 3.8) is 0 Å².